The average Bonchev–Trinajstić information content (AvgIpc) is 2.61. The Morgan fingerprint density at radius 3 is 2.70 bits per heavy atom. The summed E-state index contributed by atoms with van der Waals surface area (Å²) in [6.07, 6.45) is 6.23. The predicted molar refractivity (Wildman–Crippen MR) is 94.4 cm³/mol. The molecule has 3 rings (SSSR count). The van der Waals surface area contributed by atoms with E-state index >= 15 is 0 Å². The second-order valence-electron chi connectivity index (χ2n) is 5.99. The number of benzene rings is 1. The number of rotatable bonds is 6. The summed E-state index contributed by atoms with van der Waals surface area (Å²) in [5.41, 5.74) is 2.59. The van der Waals surface area contributed by atoms with Crippen molar-refractivity contribution in [2.75, 3.05) is 29.4 Å². The van der Waals surface area contributed by atoms with Gasteiger partial charge in [0, 0.05) is 25.3 Å². The van der Waals surface area contributed by atoms with Gasteiger partial charge in [-0.05, 0) is 37.3 Å². The fourth-order valence-corrected chi connectivity index (χ4v) is 3.17. The highest BCUT2D eigenvalue weighted by molar-refractivity contribution is 5.63. The van der Waals surface area contributed by atoms with Crippen molar-refractivity contribution in [2.45, 2.75) is 39.5 Å². The largest absolute Gasteiger partial charge is 0.355 e. The Morgan fingerprint density at radius 2 is 1.91 bits per heavy atom. The van der Waals surface area contributed by atoms with Gasteiger partial charge >= 0.3 is 0 Å². The number of hydrogen-bond donors (Lipinski definition) is 0. The van der Waals surface area contributed by atoms with Crippen molar-refractivity contribution in [3.63, 3.8) is 0 Å². The summed E-state index contributed by atoms with van der Waals surface area (Å²) in [5, 5.41) is 8.53. The summed E-state index contributed by atoms with van der Waals surface area (Å²) in [6.45, 7) is 7.34. The molecule has 1 aromatic carbocycles. The van der Waals surface area contributed by atoms with E-state index in [2.05, 4.69) is 58.1 Å². The molecule has 0 unspecified atom stereocenters. The van der Waals surface area contributed by atoms with E-state index in [0.29, 0.717) is 5.95 Å². The van der Waals surface area contributed by atoms with Crippen LogP contribution in [0.2, 0.25) is 0 Å². The monoisotopic (exact) mass is 311 g/mol. The van der Waals surface area contributed by atoms with Gasteiger partial charge in [0.2, 0.25) is 0 Å². The minimum atomic E-state index is 0.715. The van der Waals surface area contributed by atoms with Crippen LogP contribution in [0.15, 0.2) is 30.5 Å². The molecule has 2 heterocycles. The van der Waals surface area contributed by atoms with Crippen LogP contribution in [0.3, 0.4) is 0 Å². The third-order valence-electron chi connectivity index (χ3n) is 4.20. The molecule has 0 fully saturated rings. The van der Waals surface area contributed by atoms with Gasteiger partial charge in [-0.25, -0.2) is 0 Å². The highest BCUT2D eigenvalue weighted by Gasteiger charge is 2.21. The molecule has 2 aromatic rings. The Kier molecular flexibility index (Phi) is 5.05. The molecule has 0 spiro atoms. The molecule has 0 saturated heterocycles. The Bertz CT molecular complexity index is 637. The fraction of sp³-hybridized carbons (Fsp3) is 0.500. The molecule has 1 aliphatic rings. The van der Waals surface area contributed by atoms with E-state index in [4.69, 9.17) is 4.98 Å². The summed E-state index contributed by atoms with van der Waals surface area (Å²) in [6, 6.07) is 8.52. The summed E-state index contributed by atoms with van der Waals surface area (Å²) in [7, 11) is 0. The summed E-state index contributed by atoms with van der Waals surface area (Å²) in [5.74, 6) is 1.65. The molecule has 0 N–H and O–H groups in total. The zero-order chi connectivity index (χ0) is 16.1. The van der Waals surface area contributed by atoms with Crippen LogP contribution in [0.4, 0.5) is 17.5 Å². The van der Waals surface area contributed by atoms with Gasteiger partial charge in [-0.1, -0.05) is 32.0 Å². The summed E-state index contributed by atoms with van der Waals surface area (Å²) in [4.78, 5) is 9.31. The van der Waals surface area contributed by atoms with Crippen LogP contribution in [-0.2, 0) is 6.42 Å². The molecule has 1 aromatic heterocycles. The Balaban J connectivity index is 1.91. The van der Waals surface area contributed by atoms with Crippen molar-refractivity contribution in [1.82, 2.24) is 15.2 Å². The maximum atomic E-state index is 4.81. The maximum absolute atomic E-state index is 4.81. The van der Waals surface area contributed by atoms with Crippen molar-refractivity contribution in [1.29, 1.82) is 0 Å². The quantitative estimate of drug-likeness (QED) is 0.816. The minimum absolute atomic E-state index is 0.715. The zero-order valence-corrected chi connectivity index (χ0v) is 14.1. The second kappa shape index (κ2) is 7.40. The van der Waals surface area contributed by atoms with Crippen LogP contribution in [0, 0.1) is 0 Å². The van der Waals surface area contributed by atoms with Crippen LogP contribution in [0.5, 0.6) is 0 Å². The Morgan fingerprint density at radius 1 is 1.13 bits per heavy atom. The van der Waals surface area contributed by atoms with Gasteiger partial charge in [-0.15, -0.1) is 5.10 Å². The lowest BCUT2D eigenvalue weighted by atomic mass is 10.0. The maximum Gasteiger partial charge on any atom is 0.251 e. The SMILES string of the molecule is CCCN(CCC)c1cnnc(N2CCCc3ccccc32)n1. The molecule has 5 heteroatoms. The topological polar surface area (TPSA) is 45.2 Å². The second-order valence-corrected chi connectivity index (χ2v) is 5.99. The van der Waals surface area contributed by atoms with Gasteiger partial charge < -0.3 is 9.80 Å². The van der Waals surface area contributed by atoms with E-state index in [1.165, 1.54) is 11.3 Å². The molecule has 0 amide bonds. The number of para-hydroxylation sites is 1. The van der Waals surface area contributed by atoms with Crippen LogP contribution >= 0.6 is 0 Å². The normalized spacial score (nSPS) is 13.7. The van der Waals surface area contributed by atoms with Gasteiger partial charge in [-0.3, -0.25) is 0 Å². The number of aryl methyl sites for hydroxylation is 1. The first-order chi connectivity index (χ1) is 11.3. The van der Waals surface area contributed by atoms with Crippen molar-refractivity contribution < 1.29 is 0 Å². The molecule has 0 atom stereocenters. The molecule has 0 saturated carbocycles. The van der Waals surface area contributed by atoms with Crippen molar-refractivity contribution >= 4 is 17.5 Å². The van der Waals surface area contributed by atoms with Gasteiger partial charge in [-0.2, -0.15) is 10.1 Å². The highest BCUT2D eigenvalue weighted by atomic mass is 15.4. The van der Waals surface area contributed by atoms with Crippen molar-refractivity contribution in [2.24, 2.45) is 0 Å². The number of fused-ring (bicyclic) bond motifs is 1. The lowest BCUT2D eigenvalue weighted by molar-refractivity contribution is 0.712. The molecule has 122 valence electrons. The number of anilines is 3. The number of nitrogens with zero attached hydrogens (tertiary/aromatic N) is 5. The van der Waals surface area contributed by atoms with E-state index in [1.807, 2.05) is 0 Å². The van der Waals surface area contributed by atoms with Gasteiger partial charge in [0.25, 0.3) is 5.95 Å². The van der Waals surface area contributed by atoms with Crippen LogP contribution < -0.4 is 9.80 Å². The smallest absolute Gasteiger partial charge is 0.251 e. The van der Waals surface area contributed by atoms with Gasteiger partial charge in [0.05, 0.1) is 6.20 Å². The van der Waals surface area contributed by atoms with E-state index in [0.717, 1.165) is 51.1 Å². The van der Waals surface area contributed by atoms with Crippen molar-refractivity contribution in [3.05, 3.63) is 36.0 Å². The average molecular weight is 311 g/mol. The van der Waals surface area contributed by atoms with Gasteiger partial charge in [0.1, 0.15) is 0 Å². The predicted octanol–water partition coefficient (Wildman–Crippen LogP) is 3.58. The molecule has 5 nitrogen and oxygen atoms in total. The third-order valence-corrected chi connectivity index (χ3v) is 4.20. The zero-order valence-electron chi connectivity index (χ0n) is 14.1. The first-order valence-electron chi connectivity index (χ1n) is 8.63. The minimum Gasteiger partial charge on any atom is -0.355 e. The van der Waals surface area contributed by atoms with Crippen LogP contribution in [-0.4, -0.2) is 34.8 Å². The standard InChI is InChI=1S/C18H25N5/c1-3-11-22(12-4-2)17-14-19-21-18(20-17)23-13-7-9-15-8-5-6-10-16(15)23/h5-6,8,10,14H,3-4,7,9,11-13H2,1-2H3. The third kappa shape index (κ3) is 3.44. The molecular weight excluding hydrogens is 286 g/mol. The fourth-order valence-electron chi connectivity index (χ4n) is 3.17. The van der Waals surface area contributed by atoms with Gasteiger partial charge in [0.15, 0.2) is 5.82 Å². The summed E-state index contributed by atoms with van der Waals surface area (Å²) >= 11 is 0. The highest BCUT2D eigenvalue weighted by Crippen LogP contribution is 2.31. The first-order valence-corrected chi connectivity index (χ1v) is 8.63. The van der Waals surface area contributed by atoms with E-state index < -0.39 is 0 Å². The number of hydrogen-bond acceptors (Lipinski definition) is 5. The summed E-state index contributed by atoms with van der Waals surface area (Å²) < 4.78 is 0. The van der Waals surface area contributed by atoms with Crippen LogP contribution in [0.1, 0.15) is 38.7 Å². The van der Waals surface area contributed by atoms with Crippen LogP contribution in [0.25, 0.3) is 0 Å². The lowest BCUT2D eigenvalue weighted by Gasteiger charge is -2.30. The Labute approximate surface area is 138 Å². The molecule has 1 aliphatic heterocycles. The van der Waals surface area contributed by atoms with E-state index in [-0.39, 0.29) is 0 Å². The lowest BCUT2D eigenvalue weighted by Crippen LogP contribution is -2.29. The molecule has 23 heavy (non-hydrogen) atoms. The molecule has 0 radical (unpaired) electrons. The van der Waals surface area contributed by atoms with E-state index in [1.54, 1.807) is 6.20 Å². The first kappa shape index (κ1) is 15.7. The van der Waals surface area contributed by atoms with E-state index in [9.17, 15) is 0 Å². The Hall–Kier alpha value is -2.17. The van der Waals surface area contributed by atoms with Crippen molar-refractivity contribution in [3.8, 4) is 0 Å². The molecular formula is C18H25N5. The molecule has 0 aliphatic carbocycles. The molecule has 0 bridgehead atoms. The number of aromatic nitrogens is 3.